The summed E-state index contributed by atoms with van der Waals surface area (Å²) in [5.74, 6) is 0.880. The monoisotopic (exact) mass is 331 g/mol. The lowest BCUT2D eigenvalue weighted by atomic mass is 10.0. The van der Waals surface area contributed by atoms with E-state index < -0.39 is 0 Å². The molecule has 0 N–H and O–H groups in total. The fourth-order valence-corrected chi connectivity index (χ4v) is 4.40. The Balaban J connectivity index is 1.63. The van der Waals surface area contributed by atoms with Crippen molar-refractivity contribution in [3.63, 3.8) is 0 Å². The molecule has 7 heteroatoms. The van der Waals surface area contributed by atoms with Gasteiger partial charge in [0.2, 0.25) is 5.88 Å². The minimum atomic E-state index is 0.360. The van der Waals surface area contributed by atoms with E-state index in [1.54, 1.807) is 18.4 Å². The Morgan fingerprint density at radius 1 is 1.43 bits per heavy atom. The summed E-state index contributed by atoms with van der Waals surface area (Å²) >= 11 is 1.68. The third-order valence-electron chi connectivity index (χ3n) is 4.61. The fraction of sp³-hybridized carbons (Fsp3) is 0.500. The number of rotatable bonds is 4. The molecule has 122 valence electrons. The van der Waals surface area contributed by atoms with Gasteiger partial charge in [0.25, 0.3) is 0 Å². The van der Waals surface area contributed by atoms with Gasteiger partial charge < -0.3 is 4.74 Å². The number of methoxy groups -OCH3 is 1. The number of ether oxygens (including phenoxy) is 1. The Kier molecular flexibility index (Phi) is 3.61. The average Bonchev–Trinajstić information content (AvgIpc) is 3.23. The molecule has 1 saturated heterocycles. The summed E-state index contributed by atoms with van der Waals surface area (Å²) in [6, 6.07) is 0.360. The quantitative estimate of drug-likeness (QED) is 0.737. The molecule has 1 fully saturated rings. The number of aromatic nitrogens is 4. The third kappa shape index (κ3) is 2.44. The van der Waals surface area contributed by atoms with E-state index in [1.807, 2.05) is 11.7 Å². The van der Waals surface area contributed by atoms with Crippen molar-refractivity contribution in [2.45, 2.75) is 32.4 Å². The summed E-state index contributed by atoms with van der Waals surface area (Å²) in [4.78, 5) is 8.28. The van der Waals surface area contributed by atoms with E-state index in [4.69, 9.17) is 9.72 Å². The van der Waals surface area contributed by atoms with Crippen LogP contribution in [0.3, 0.4) is 0 Å². The second-order valence-electron chi connectivity index (χ2n) is 6.09. The van der Waals surface area contributed by atoms with Gasteiger partial charge in [0, 0.05) is 37.4 Å². The molecule has 0 saturated carbocycles. The van der Waals surface area contributed by atoms with Gasteiger partial charge >= 0.3 is 0 Å². The predicted molar refractivity (Wildman–Crippen MR) is 90.0 cm³/mol. The SMILES string of the molecule is COc1c([C@@H]2CCCN2Cc2cn3ccsc3n2)c(C)nn1C. The van der Waals surface area contributed by atoms with Gasteiger partial charge in [-0.25, -0.2) is 9.67 Å². The molecule has 0 bridgehead atoms. The molecular formula is C16H21N5OS. The summed E-state index contributed by atoms with van der Waals surface area (Å²) in [7, 11) is 3.67. The van der Waals surface area contributed by atoms with E-state index in [-0.39, 0.29) is 0 Å². The molecule has 1 atom stereocenters. The summed E-state index contributed by atoms with van der Waals surface area (Å²) in [5, 5.41) is 6.61. The van der Waals surface area contributed by atoms with Crippen molar-refractivity contribution in [1.82, 2.24) is 24.1 Å². The number of nitrogens with zero attached hydrogens (tertiary/aromatic N) is 5. The summed E-state index contributed by atoms with van der Waals surface area (Å²) in [6.45, 7) is 4.03. The molecule has 0 amide bonds. The summed E-state index contributed by atoms with van der Waals surface area (Å²) < 4.78 is 9.54. The largest absolute Gasteiger partial charge is 0.481 e. The first-order valence-electron chi connectivity index (χ1n) is 7.90. The zero-order chi connectivity index (χ0) is 16.0. The van der Waals surface area contributed by atoms with Crippen LogP contribution in [-0.2, 0) is 13.6 Å². The number of hydrogen-bond donors (Lipinski definition) is 0. The van der Waals surface area contributed by atoms with Crippen LogP contribution in [-0.4, -0.2) is 37.7 Å². The maximum atomic E-state index is 5.60. The van der Waals surface area contributed by atoms with E-state index in [2.05, 4.69) is 39.1 Å². The molecule has 0 unspecified atom stereocenters. The maximum Gasteiger partial charge on any atom is 0.216 e. The van der Waals surface area contributed by atoms with Crippen molar-refractivity contribution >= 4 is 16.3 Å². The lowest BCUT2D eigenvalue weighted by Crippen LogP contribution is -2.23. The van der Waals surface area contributed by atoms with Gasteiger partial charge in [-0.15, -0.1) is 11.3 Å². The second kappa shape index (κ2) is 5.65. The van der Waals surface area contributed by atoms with Crippen molar-refractivity contribution in [1.29, 1.82) is 0 Å². The van der Waals surface area contributed by atoms with Gasteiger partial charge in [-0.3, -0.25) is 9.30 Å². The van der Waals surface area contributed by atoms with Crippen LogP contribution in [0.4, 0.5) is 0 Å². The molecule has 6 nitrogen and oxygen atoms in total. The molecule has 3 aromatic heterocycles. The van der Waals surface area contributed by atoms with Crippen LogP contribution in [0.15, 0.2) is 17.8 Å². The number of hydrogen-bond acceptors (Lipinski definition) is 5. The Bertz CT molecular complexity index is 804. The van der Waals surface area contributed by atoms with E-state index in [0.717, 1.165) is 41.7 Å². The molecule has 1 aliphatic rings. The first-order chi connectivity index (χ1) is 11.2. The Labute approximate surface area is 139 Å². The second-order valence-corrected chi connectivity index (χ2v) is 6.96. The topological polar surface area (TPSA) is 47.6 Å². The fourth-order valence-electron chi connectivity index (χ4n) is 3.68. The van der Waals surface area contributed by atoms with Crippen molar-refractivity contribution in [2.24, 2.45) is 7.05 Å². The molecule has 4 heterocycles. The molecule has 3 aromatic rings. The van der Waals surface area contributed by atoms with Gasteiger partial charge in [0.05, 0.1) is 24.1 Å². The lowest BCUT2D eigenvalue weighted by Gasteiger charge is -2.24. The first-order valence-corrected chi connectivity index (χ1v) is 8.78. The highest BCUT2D eigenvalue weighted by molar-refractivity contribution is 7.15. The molecule has 0 spiro atoms. The predicted octanol–water partition coefficient (Wildman–Crippen LogP) is 2.78. The van der Waals surface area contributed by atoms with Gasteiger partial charge in [0.1, 0.15) is 0 Å². The smallest absolute Gasteiger partial charge is 0.216 e. The lowest BCUT2D eigenvalue weighted by molar-refractivity contribution is 0.238. The van der Waals surface area contributed by atoms with Gasteiger partial charge in [-0.05, 0) is 26.3 Å². The highest BCUT2D eigenvalue weighted by atomic mass is 32.1. The molecule has 23 heavy (non-hydrogen) atoms. The van der Waals surface area contributed by atoms with E-state index >= 15 is 0 Å². The zero-order valence-corrected chi connectivity index (χ0v) is 14.5. The average molecular weight is 331 g/mol. The van der Waals surface area contributed by atoms with Crippen molar-refractivity contribution in [2.75, 3.05) is 13.7 Å². The van der Waals surface area contributed by atoms with Crippen LogP contribution in [0, 0.1) is 6.92 Å². The first kappa shape index (κ1) is 14.7. The number of likely N-dealkylation sites (tertiary alicyclic amines) is 1. The highest BCUT2D eigenvalue weighted by Gasteiger charge is 2.32. The minimum absolute atomic E-state index is 0.360. The Morgan fingerprint density at radius 2 is 2.30 bits per heavy atom. The standard InChI is InChI=1S/C16H21N5OS/c1-11-14(15(22-3)19(2)18-11)13-5-4-6-20(13)9-12-10-21-7-8-23-16(21)17-12/h7-8,10,13H,4-6,9H2,1-3H3/t13-/m0/s1. The maximum absolute atomic E-state index is 5.60. The summed E-state index contributed by atoms with van der Waals surface area (Å²) in [5.41, 5.74) is 3.42. The minimum Gasteiger partial charge on any atom is -0.481 e. The van der Waals surface area contributed by atoms with Gasteiger partial charge in [-0.1, -0.05) is 0 Å². The molecule has 1 aliphatic heterocycles. The third-order valence-corrected chi connectivity index (χ3v) is 5.38. The normalized spacial score (nSPS) is 19.0. The van der Waals surface area contributed by atoms with Crippen LogP contribution in [0.25, 0.3) is 4.96 Å². The van der Waals surface area contributed by atoms with Crippen LogP contribution >= 0.6 is 11.3 Å². The Morgan fingerprint density at radius 3 is 3.09 bits per heavy atom. The number of thiazole rings is 1. The van der Waals surface area contributed by atoms with Gasteiger partial charge in [-0.2, -0.15) is 5.10 Å². The van der Waals surface area contributed by atoms with Crippen LogP contribution in [0.1, 0.15) is 35.8 Å². The molecular weight excluding hydrogens is 310 g/mol. The molecule has 0 radical (unpaired) electrons. The molecule has 4 rings (SSSR count). The Hall–Kier alpha value is -1.86. The highest BCUT2D eigenvalue weighted by Crippen LogP contribution is 2.39. The summed E-state index contributed by atoms with van der Waals surface area (Å²) in [6.07, 6.45) is 6.54. The molecule has 0 aliphatic carbocycles. The van der Waals surface area contributed by atoms with Crippen LogP contribution in [0.2, 0.25) is 0 Å². The van der Waals surface area contributed by atoms with Crippen molar-refractivity contribution < 1.29 is 4.74 Å². The van der Waals surface area contributed by atoms with Crippen molar-refractivity contribution in [3.8, 4) is 5.88 Å². The number of fused-ring (bicyclic) bond motifs is 1. The van der Waals surface area contributed by atoms with Crippen molar-refractivity contribution in [3.05, 3.63) is 34.7 Å². The number of imidazole rings is 1. The zero-order valence-electron chi connectivity index (χ0n) is 13.7. The van der Waals surface area contributed by atoms with E-state index in [1.165, 1.54) is 12.0 Å². The van der Waals surface area contributed by atoms with Crippen LogP contribution in [0.5, 0.6) is 5.88 Å². The van der Waals surface area contributed by atoms with Crippen LogP contribution < -0.4 is 4.74 Å². The number of aryl methyl sites for hydroxylation is 2. The molecule has 0 aromatic carbocycles. The van der Waals surface area contributed by atoms with Gasteiger partial charge in [0.15, 0.2) is 4.96 Å². The van der Waals surface area contributed by atoms with E-state index in [9.17, 15) is 0 Å². The van der Waals surface area contributed by atoms with E-state index in [0.29, 0.717) is 6.04 Å².